The van der Waals surface area contributed by atoms with Crippen molar-refractivity contribution in [2.24, 2.45) is 0 Å². The standard InChI is InChI=1S/C19H22N6O/c1-11-6-12(2)8-14(7-11)25-13(3)9-17(24-25)21-19(26)18-15-10-20-5-4-16(15)22-23-18/h6-9,20H,4-5,10H2,1-3H3,(H,22,23)(H,21,24,26). The maximum atomic E-state index is 12.6. The van der Waals surface area contributed by atoms with E-state index in [-0.39, 0.29) is 5.91 Å². The predicted molar refractivity (Wildman–Crippen MR) is 99.7 cm³/mol. The highest BCUT2D eigenvalue weighted by atomic mass is 16.2. The fourth-order valence-electron chi connectivity index (χ4n) is 3.46. The maximum Gasteiger partial charge on any atom is 0.277 e. The van der Waals surface area contributed by atoms with Crippen molar-refractivity contribution in [1.82, 2.24) is 25.3 Å². The molecule has 1 aliphatic rings. The first-order valence-corrected chi connectivity index (χ1v) is 8.75. The van der Waals surface area contributed by atoms with E-state index >= 15 is 0 Å². The molecule has 4 rings (SSSR count). The average Bonchev–Trinajstić information content (AvgIpc) is 3.17. The Balaban J connectivity index is 1.60. The van der Waals surface area contributed by atoms with Gasteiger partial charge in [0.1, 0.15) is 0 Å². The van der Waals surface area contributed by atoms with E-state index in [1.165, 1.54) is 11.1 Å². The summed E-state index contributed by atoms with van der Waals surface area (Å²) in [5, 5.41) is 17.9. The number of fused-ring (bicyclic) bond motifs is 1. The summed E-state index contributed by atoms with van der Waals surface area (Å²) in [6, 6.07) is 8.15. The van der Waals surface area contributed by atoms with Crippen LogP contribution in [0.1, 0.15) is 38.6 Å². The molecule has 0 bridgehead atoms. The number of nitrogens with zero attached hydrogens (tertiary/aromatic N) is 3. The number of aromatic nitrogens is 4. The zero-order valence-electron chi connectivity index (χ0n) is 15.2. The Morgan fingerprint density at radius 1 is 1.15 bits per heavy atom. The van der Waals surface area contributed by atoms with Gasteiger partial charge in [0.15, 0.2) is 11.5 Å². The highest BCUT2D eigenvalue weighted by Gasteiger charge is 2.22. The minimum atomic E-state index is -0.240. The van der Waals surface area contributed by atoms with Crippen molar-refractivity contribution in [3.63, 3.8) is 0 Å². The maximum absolute atomic E-state index is 12.6. The molecule has 0 saturated carbocycles. The van der Waals surface area contributed by atoms with E-state index in [2.05, 4.69) is 58.0 Å². The van der Waals surface area contributed by atoms with Gasteiger partial charge in [0.2, 0.25) is 0 Å². The molecule has 3 heterocycles. The summed E-state index contributed by atoms with van der Waals surface area (Å²) >= 11 is 0. The number of hydrogen-bond acceptors (Lipinski definition) is 4. The van der Waals surface area contributed by atoms with Gasteiger partial charge < -0.3 is 10.6 Å². The number of anilines is 1. The van der Waals surface area contributed by atoms with Crippen LogP contribution in [0.3, 0.4) is 0 Å². The van der Waals surface area contributed by atoms with Crippen molar-refractivity contribution in [1.29, 1.82) is 0 Å². The van der Waals surface area contributed by atoms with Crippen LogP contribution in [0, 0.1) is 20.8 Å². The number of nitrogens with one attached hydrogen (secondary N) is 3. The van der Waals surface area contributed by atoms with Gasteiger partial charge in [-0.25, -0.2) is 4.68 Å². The first-order valence-electron chi connectivity index (χ1n) is 8.75. The fraction of sp³-hybridized carbons (Fsp3) is 0.316. The zero-order chi connectivity index (χ0) is 18.3. The van der Waals surface area contributed by atoms with Crippen molar-refractivity contribution in [2.75, 3.05) is 11.9 Å². The lowest BCUT2D eigenvalue weighted by Crippen LogP contribution is -2.25. The highest BCUT2D eigenvalue weighted by Crippen LogP contribution is 2.20. The molecule has 0 fully saturated rings. The molecule has 0 aliphatic carbocycles. The number of amides is 1. The number of carbonyl (C=O) groups is 1. The van der Waals surface area contributed by atoms with Crippen LogP contribution in [0.25, 0.3) is 5.69 Å². The summed E-state index contributed by atoms with van der Waals surface area (Å²) in [5.74, 6) is 0.281. The van der Waals surface area contributed by atoms with Gasteiger partial charge >= 0.3 is 0 Å². The fourth-order valence-corrected chi connectivity index (χ4v) is 3.46. The van der Waals surface area contributed by atoms with E-state index in [1.807, 2.05) is 17.7 Å². The molecule has 2 aromatic heterocycles. The number of H-pyrrole nitrogens is 1. The topological polar surface area (TPSA) is 87.6 Å². The predicted octanol–water partition coefficient (Wildman–Crippen LogP) is 2.42. The molecule has 3 aromatic rings. The van der Waals surface area contributed by atoms with Crippen LogP contribution >= 0.6 is 0 Å². The highest BCUT2D eigenvalue weighted by molar-refractivity contribution is 6.03. The number of aromatic amines is 1. The summed E-state index contributed by atoms with van der Waals surface area (Å²) in [5.41, 5.74) is 6.71. The van der Waals surface area contributed by atoms with E-state index in [1.54, 1.807) is 0 Å². The SMILES string of the molecule is Cc1cc(C)cc(-n2nc(NC(=O)c3n[nH]c4c3CNCC4)cc2C)c1. The summed E-state index contributed by atoms with van der Waals surface area (Å²) < 4.78 is 1.84. The zero-order valence-corrected chi connectivity index (χ0v) is 15.2. The van der Waals surface area contributed by atoms with Crippen molar-refractivity contribution < 1.29 is 4.79 Å². The van der Waals surface area contributed by atoms with Gasteiger partial charge in [-0.1, -0.05) is 6.07 Å². The van der Waals surface area contributed by atoms with E-state index < -0.39 is 0 Å². The van der Waals surface area contributed by atoms with Crippen LogP contribution < -0.4 is 10.6 Å². The number of rotatable bonds is 3. The first-order chi connectivity index (χ1) is 12.5. The van der Waals surface area contributed by atoms with Gasteiger partial charge in [-0.2, -0.15) is 5.10 Å². The molecule has 1 aromatic carbocycles. The third-order valence-electron chi connectivity index (χ3n) is 4.60. The minimum absolute atomic E-state index is 0.240. The van der Waals surface area contributed by atoms with Gasteiger partial charge in [0.05, 0.1) is 5.69 Å². The lowest BCUT2D eigenvalue weighted by molar-refractivity contribution is 0.102. The van der Waals surface area contributed by atoms with Gasteiger partial charge in [0, 0.05) is 42.5 Å². The van der Waals surface area contributed by atoms with Crippen LogP contribution in [0.15, 0.2) is 24.3 Å². The first kappa shape index (κ1) is 16.5. The monoisotopic (exact) mass is 350 g/mol. The largest absolute Gasteiger partial charge is 0.312 e. The van der Waals surface area contributed by atoms with Gasteiger partial charge in [0.25, 0.3) is 5.91 Å². The average molecular weight is 350 g/mol. The Bertz CT molecular complexity index is 964. The lowest BCUT2D eigenvalue weighted by Gasteiger charge is -2.12. The molecule has 0 saturated heterocycles. The third-order valence-corrected chi connectivity index (χ3v) is 4.60. The van der Waals surface area contributed by atoms with Crippen LogP contribution in [0.4, 0.5) is 5.82 Å². The Morgan fingerprint density at radius 2 is 1.92 bits per heavy atom. The second-order valence-corrected chi connectivity index (χ2v) is 6.84. The quantitative estimate of drug-likeness (QED) is 0.677. The van der Waals surface area contributed by atoms with Crippen LogP contribution in [0.5, 0.6) is 0 Å². The van der Waals surface area contributed by atoms with Crippen molar-refractivity contribution >= 4 is 11.7 Å². The van der Waals surface area contributed by atoms with Crippen molar-refractivity contribution in [3.8, 4) is 5.69 Å². The second kappa shape index (κ2) is 6.42. The van der Waals surface area contributed by atoms with Crippen LogP contribution in [-0.2, 0) is 13.0 Å². The van der Waals surface area contributed by atoms with Gasteiger partial charge in [-0.15, -0.1) is 5.10 Å². The molecular formula is C19H22N6O. The summed E-state index contributed by atoms with van der Waals surface area (Å²) in [7, 11) is 0. The number of benzene rings is 1. The lowest BCUT2D eigenvalue weighted by atomic mass is 10.1. The Morgan fingerprint density at radius 3 is 2.69 bits per heavy atom. The molecule has 0 spiro atoms. The molecule has 7 heteroatoms. The van der Waals surface area contributed by atoms with E-state index in [9.17, 15) is 4.79 Å². The molecule has 3 N–H and O–H groups in total. The smallest absolute Gasteiger partial charge is 0.277 e. The minimum Gasteiger partial charge on any atom is -0.312 e. The van der Waals surface area contributed by atoms with Crippen molar-refractivity contribution in [3.05, 3.63) is 58.0 Å². The van der Waals surface area contributed by atoms with E-state index in [0.29, 0.717) is 18.1 Å². The molecule has 7 nitrogen and oxygen atoms in total. The van der Waals surface area contributed by atoms with Crippen LogP contribution in [0.2, 0.25) is 0 Å². The molecule has 1 aliphatic heterocycles. The Kier molecular flexibility index (Phi) is 4.08. The Hall–Kier alpha value is -2.93. The van der Waals surface area contributed by atoms with Gasteiger partial charge in [-0.3, -0.25) is 9.89 Å². The van der Waals surface area contributed by atoms with Gasteiger partial charge in [-0.05, 0) is 44.0 Å². The Labute approximate surface area is 151 Å². The number of aryl methyl sites for hydroxylation is 3. The number of hydrogen-bond donors (Lipinski definition) is 3. The molecule has 134 valence electrons. The molecule has 0 radical (unpaired) electrons. The summed E-state index contributed by atoms with van der Waals surface area (Å²) in [6.07, 6.45) is 0.857. The molecule has 0 atom stereocenters. The third kappa shape index (κ3) is 3.01. The number of carbonyl (C=O) groups excluding carboxylic acids is 1. The normalized spacial score (nSPS) is 13.5. The molecule has 0 unspecified atom stereocenters. The van der Waals surface area contributed by atoms with E-state index in [4.69, 9.17) is 0 Å². The second-order valence-electron chi connectivity index (χ2n) is 6.84. The summed E-state index contributed by atoms with van der Waals surface area (Å²) in [6.45, 7) is 7.65. The van der Waals surface area contributed by atoms with E-state index in [0.717, 1.165) is 35.6 Å². The molecular weight excluding hydrogens is 328 g/mol. The summed E-state index contributed by atoms with van der Waals surface area (Å²) in [4.78, 5) is 12.6. The van der Waals surface area contributed by atoms with Crippen molar-refractivity contribution in [2.45, 2.75) is 33.7 Å². The molecule has 1 amide bonds. The molecule has 26 heavy (non-hydrogen) atoms. The van der Waals surface area contributed by atoms with Crippen LogP contribution in [-0.4, -0.2) is 32.4 Å².